The van der Waals surface area contributed by atoms with Gasteiger partial charge in [0, 0.05) is 22.8 Å². The number of anilines is 1. The van der Waals surface area contributed by atoms with Gasteiger partial charge >= 0.3 is 0 Å². The number of amides is 1. The van der Waals surface area contributed by atoms with Gasteiger partial charge in [-0.1, -0.05) is 29.4 Å². The van der Waals surface area contributed by atoms with E-state index in [0.717, 1.165) is 11.4 Å². The molecule has 1 N–H and O–H groups in total. The number of carbonyl (C=O) groups excluding carboxylic acids is 1. The van der Waals surface area contributed by atoms with Gasteiger partial charge in [0.15, 0.2) is 11.0 Å². The molecule has 0 saturated carbocycles. The van der Waals surface area contributed by atoms with Crippen LogP contribution in [0.25, 0.3) is 11.4 Å². The second kappa shape index (κ2) is 8.75. The predicted molar refractivity (Wildman–Crippen MR) is 111 cm³/mol. The van der Waals surface area contributed by atoms with E-state index in [9.17, 15) is 9.18 Å². The summed E-state index contributed by atoms with van der Waals surface area (Å²) in [5, 5.41) is 12.1. The van der Waals surface area contributed by atoms with Gasteiger partial charge < -0.3 is 9.88 Å². The molecule has 0 bridgehead atoms. The lowest BCUT2D eigenvalue weighted by Gasteiger charge is -2.13. The SMILES string of the molecule is CCn1c(S[C@H](C)C(=O)Nc2ccc(C)c(F)c2)nnc1-c1ccc(Cl)cc1. The van der Waals surface area contributed by atoms with E-state index in [4.69, 9.17) is 11.6 Å². The first-order valence-corrected chi connectivity index (χ1v) is 10.1. The third-order valence-electron chi connectivity index (χ3n) is 4.23. The van der Waals surface area contributed by atoms with Crippen molar-refractivity contribution in [3.05, 3.63) is 58.9 Å². The number of carbonyl (C=O) groups is 1. The Labute approximate surface area is 172 Å². The van der Waals surface area contributed by atoms with E-state index in [1.165, 1.54) is 17.8 Å². The molecular weight excluding hydrogens is 399 g/mol. The average Bonchev–Trinajstić information content (AvgIpc) is 3.07. The largest absolute Gasteiger partial charge is 0.325 e. The fraction of sp³-hybridized carbons (Fsp3) is 0.250. The van der Waals surface area contributed by atoms with Crippen LogP contribution in [-0.2, 0) is 11.3 Å². The second-order valence-corrected chi connectivity index (χ2v) is 8.02. The lowest BCUT2D eigenvalue weighted by molar-refractivity contribution is -0.115. The Balaban J connectivity index is 1.74. The molecule has 0 radical (unpaired) electrons. The molecule has 0 aliphatic carbocycles. The van der Waals surface area contributed by atoms with Crippen molar-refractivity contribution in [2.45, 2.75) is 37.7 Å². The van der Waals surface area contributed by atoms with Gasteiger partial charge in [-0.15, -0.1) is 10.2 Å². The smallest absolute Gasteiger partial charge is 0.237 e. The summed E-state index contributed by atoms with van der Waals surface area (Å²) in [5.74, 6) is 0.137. The summed E-state index contributed by atoms with van der Waals surface area (Å²) in [5.41, 5.74) is 1.86. The molecule has 5 nitrogen and oxygen atoms in total. The van der Waals surface area contributed by atoms with Crippen molar-refractivity contribution in [3.63, 3.8) is 0 Å². The summed E-state index contributed by atoms with van der Waals surface area (Å²) in [6.45, 7) is 6.11. The molecule has 146 valence electrons. The third kappa shape index (κ3) is 4.54. The molecule has 8 heteroatoms. The monoisotopic (exact) mass is 418 g/mol. The van der Waals surface area contributed by atoms with Crippen molar-refractivity contribution < 1.29 is 9.18 Å². The van der Waals surface area contributed by atoms with Crippen LogP contribution in [0.15, 0.2) is 47.6 Å². The Bertz CT molecular complexity index is 990. The van der Waals surface area contributed by atoms with Crippen LogP contribution in [0.5, 0.6) is 0 Å². The van der Waals surface area contributed by atoms with Crippen molar-refractivity contribution in [3.8, 4) is 11.4 Å². The fourth-order valence-electron chi connectivity index (χ4n) is 2.60. The molecule has 0 fully saturated rings. The molecule has 1 heterocycles. The van der Waals surface area contributed by atoms with Gasteiger partial charge in [-0.2, -0.15) is 0 Å². The number of benzene rings is 2. The van der Waals surface area contributed by atoms with Crippen LogP contribution >= 0.6 is 23.4 Å². The Kier molecular flexibility index (Phi) is 6.36. The number of thioether (sulfide) groups is 1. The van der Waals surface area contributed by atoms with Crippen molar-refractivity contribution in [2.75, 3.05) is 5.32 Å². The first-order chi connectivity index (χ1) is 13.4. The first-order valence-electron chi connectivity index (χ1n) is 8.82. The van der Waals surface area contributed by atoms with E-state index in [2.05, 4.69) is 15.5 Å². The molecule has 0 unspecified atom stereocenters. The highest BCUT2D eigenvalue weighted by atomic mass is 35.5. The normalized spacial score (nSPS) is 12.0. The van der Waals surface area contributed by atoms with Gasteiger partial charge in [-0.3, -0.25) is 4.79 Å². The number of hydrogen-bond donors (Lipinski definition) is 1. The zero-order valence-corrected chi connectivity index (χ0v) is 17.3. The zero-order valence-electron chi connectivity index (χ0n) is 15.7. The Morgan fingerprint density at radius 2 is 1.96 bits per heavy atom. The Hall–Kier alpha value is -2.38. The molecule has 0 aliphatic rings. The third-order valence-corrected chi connectivity index (χ3v) is 5.56. The number of nitrogens with one attached hydrogen (secondary N) is 1. The second-order valence-electron chi connectivity index (χ2n) is 6.27. The molecule has 1 amide bonds. The molecule has 3 aromatic rings. The molecule has 1 atom stereocenters. The van der Waals surface area contributed by atoms with E-state index in [-0.39, 0.29) is 11.7 Å². The van der Waals surface area contributed by atoms with Gasteiger partial charge in [0.05, 0.1) is 5.25 Å². The standard InChI is InChI=1S/C20H20ClFN4OS/c1-4-26-18(14-6-8-15(21)9-7-14)24-25-20(26)28-13(3)19(27)23-16-10-5-12(2)17(22)11-16/h5-11,13H,4H2,1-3H3,(H,23,27)/t13-/m1/s1. The van der Waals surface area contributed by atoms with Crippen LogP contribution in [0.2, 0.25) is 5.02 Å². The van der Waals surface area contributed by atoms with Gasteiger partial charge in [0.1, 0.15) is 5.82 Å². The minimum atomic E-state index is -0.433. The molecular formula is C20H20ClFN4OS. The summed E-state index contributed by atoms with van der Waals surface area (Å²) in [4.78, 5) is 12.5. The summed E-state index contributed by atoms with van der Waals surface area (Å²) >= 11 is 7.26. The van der Waals surface area contributed by atoms with E-state index in [1.807, 2.05) is 23.6 Å². The number of aromatic nitrogens is 3. The van der Waals surface area contributed by atoms with Crippen LogP contribution in [0.4, 0.5) is 10.1 Å². The number of halogens is 2. The number of hydrogen-bond acceptors (Lipinski definition) is 4. The van der Waals surface area contributed by atoms with Crippen molar-refractivity contribution in [1.29, 1.82) is 0 Å². The fourth-order valence-corrected chi connectivity index (χ4v) is 3.64. The van der Waals surface area contributed by atoms with E-state index in [0.29, 0.717) is 28.0 Å². The Morgan fingerprint density at radius 3 is 2.61 bits per heavy atom. The number of nitrogens with zero attached hydrogens (tertiary/aromatic N) is 3. The predicted octanol–water partition coefficient (Wildman–Crippen LogP) is 5.19. The summed E-state index contributed by atoms with van der Waals surface area (Å²) < 4.78 is 15.6. The molecule has 3 rings (SSSR count). The van der Waals surface area contributed by atoms with E-state index >= 15 is 0 Å². The van der Waals surface area contributed by atoms with E-state index < -0.39 is 5.25 Å². The molecule has 2 aromatic carbocycles. The lowest BCUT2D eigenvalue weighted by Crippen LogP contribution is -2.23. The van der Waals surface area contributed by atoms with Crippen molar-refractivity contribution >= 4 is 35.0 Å². The number of aryl methyl sites for hydroxylation is 1. The summed E-state index contributed by atoms with van der Waals surface area (Å²) in [6, 6.07) is 12.0. The van der Waals surface area contributed by atoms with Crippen molar-refractivity contribution in [2.24, 2.45) is 0 Å². The van der Waals surface area contributed by atoms with Crippen LogP contribution in [-0.4, -0.2) is 25.9 Å². The van der Waals surface area contributed by atoms with Gasteiger partial charge in [0.25, 0.3) is 0 Å². The maximum absolute atomic E-state index is 13.7. The minimum Gasteiger partial charge on any atom is -0.325 e. The van der Waals surface area contributed by atoms with Gasteiger partial charge in [-0.25, -0.2) is 4.39 Å². The average molecular weight is 419 g/mol. The highest BCUT2D eigenvalue weighted by Gasteiger charge is 2.20. The summed E-state index contributed by atoms with van der Waals surface area (Å²) in [6.07, 6.45) is 0. The van der Waals surface area contributed by atoms with Crippen LogP contribution in [0.1, 0.15) is 19.4 Å². The van der Waals surface area contributed by atoms with E-state index in [1.54, 1.807) is 38.1 Å². The zero-order chi connectivity index (χ0) is 20.3. The molecule has 0 aliphatic heterocycles. The highest BCUT2D eigenvalue weighted by Crippen LogP contribution is 2.28. The molecule has 28 heavy (non-hydrogen) atoms. The molecule has 0 saturated heterocycles. The van der Waals surface area contributed by atoms with Crippen molar-refractivity contribution in [1.82, 2.24) is 14.8 Å². The van der Waals surface area contributed by atoms with Crippen LogP contribution in [0, 0.1) is 12.7 Å². The molecule has 0 spiro atoms. The van der Waals surface area contributed by atoms with Gasteiger partial charge in [0.2, 0.25) is 5.91 Å². The maximum atomic E-state index is 13.7. The maximum Gasteiger partial charge on any atom is 0.237 e. The summed E-state index contributed by atoms with van der Waals surface area (Å²) in [7, 11) is 0. The highest BCUT2D eigenvalue weighted by molar-refractivity contribution is 8.00. The first kappa shape index (κ1) is 20.4. The molecule has 1 aromatic heterocycles. The quantitative estimate of drug-likeness (QED) is 0.560. The van der Waals surface area contributed by atoms with Crippen LogP contribution < -0.4 is 5.32 Å². The minimum absolute atomic E-state index is 0.230. The van der Waals surface area contributed by atoms with Gasteiger partial charge in [-0.05, 0) is 62.7 Å². The lowest BCUT2D eigenvalue weighted by atomic mass is 10.2. The van der Waals surface area contributed by atoms with Crippen LogP contribution in [0.3, 0.4) is 0 Å². The topological polar surface area (TPSA) is 59.8 Å². The number of rotatable bonds is 6. The Morgan fingerprint density at radius 1 is 1.25 bits per heavy atom.